The number of rotatable bonds is 7. The van der Waals surface area contributed by atoms with E-state index in [4.69, 9.17) is 0 Å². The molecule has 0 aliphatic carbocycles. The van der Waals surface area contributed by atoms with Gasteiger partial charge in [0.25, 0.3) is 0 Å². The second-order valence-corrected chi connectivity index (χ2v) is 9.22. The smallest absolute Gasteiger partial charge is 0.230 e. The summed E-state index contributed by atoms with van der Waals surface area (Å²) in [5.74, 6) is -0.625. The van der Waals surface area contributed by atoms with E-state index in [2.05, 4.69) is 23.9 Å². The maximum Gasteiger partial charge on any atom is 0.230 e. The molecule has 32 heavy (non-hydrogen) atoms. The van der Waals surface area contributed by atoms with Crippen LogP contribution in [0.1, 0.15) is 31.2 Å². The molecule has 2 saturated heterocycles. The maximum absolute atomic E-state index is 15.0. The fraction of sp³-hybridized carbons (Fsp3) is 0.462. The molecule has 2 aromatic carbocycles. The summed E-state index contributed by atoms with van der Waals surface area (Å²) in [5, 5.41) is 0. The maximum atomic E-state index is 15.0. The molecule has 0 aromatic heterocycles. The van der Waals surface area contributed by atoms with Crippen molar-refractivity contribution < 1.29 is 14.0 Å². The predicted octanol–water partition coefficient (Wildman–Crippen LogP) is 3.91. The van der Waals surface area contributed by atoms with Crippen molar-refractivity contribution in [1.29, 1.82) is 0 Å². The molecule has 0 N–H and O–H groups in total. The Morgan fingerprint density at radius 3 is 2.56 bits per heavy atom. The van der Waals surface area contributed by atoms with Crippen LogP contribution in [0.25, 0.3) is 0 Å². The van der Waals surface area contributed by atoms with E-state index in [0.717, 1.165) is 31.5 Å². The average Bonchev–Trinajstić information content (AvgIpc) is 3.26. The van der Waals surface area contributed by atoms with Crippen LogP contribution in [-0.4, -0.2) is 56.4 Å². The molecule has 0 radical (unpaired) electrons. The first-order valence-corrected chi connectivity index (χ1v) is 11.5. The van der Waals surface area contributed by atoms with Crippen LogP contribution in [0.15, 0.2) is 48.5 Å². The third kappa shape index (κ3) is 5.01. The number of ketones is 1. The van der Waals surface area contributed by atoms with Crippen molar-refractivity contribution in [1.82, 2.24) is 4.90 Å². The van der Waals surface area contributed by atoms with Crippen molar-refractivity contribution in [2.45, 2.75) is 38.1 Å². The van der Waals surface area contributed by atoms with Crippen LogP contribution in [0.4, 0.5) is 15.8 Å². The van der Waals surface area contributed by atoms with Gasteiger partial charge in [0.15, 0.2) is 0 Å². The number of carbonyl (C=O) groups excluding carboxylic acids is 2. The Kier molecular flexibility index (Phi) is 6.89. The van der Waals surface area contributed by atoms with Crippen molar-refractivity contribution in [3.05, 3.63) is 59.9 Å². The highest BCUT2D eigenvalue weighted by molar-refractivity contribution is 5.98. The molecule has 2 fully saturated rings. The van der Waals surface area contributed by atoms with Crippen molar-refractivity contribution in [3.63, 3.8) is 0 Å². The zero-order valence-corrected chi connectivity index (χ0v) is 19.0. The summed E-state index contributed by atoms with van der Waals surface area (Å²) < 4.78 is 15.0. The Labute approximate surface area is 189 Å². The molecule has 1 amide bonds. The van der Waals surface area contributed by atoms with Gasteiger partial charge in [-0.15, -0.1) is 0 Å². The molecule has 0 saturated carbocycles. The van der Waals surface area contributed by atoms with Gasteiger partial charge in [-0.25, -0.2) is 4.39 Å². The van der Waals surface area contributed by atoms with Crippen LogP contribution < -0.4 is 9.80 Å². The highest BCUT2D eigenvalue weighted by Gasteiger charge is 2.32. The Morgan fingerprint density at radius 2 is 1.88 bits per heavy atom. The summed E-state index contributed by atoms with van der Waals surface area (Å²) in [4.78, 5) is 31.6. The van der Waals surface area contributed by atoms with E-state index in [0.29, 0.717) is 36.8 Å². The number of hydrogen-bond donors (Lipinski definition) is 0. The topological polar surface area (TPSA) is 43.9 Å². The van der Waals surface area contributed by atoms with Crippen molar-refractivity contribution in [2.75, 3.05) is 43.5 Å². The van der Waals surface area contributed by atoms with E-state index in [-0.39, 0.29) is 29.8 Å². The van der Waals surface area contributed by atoms with E-state index >= 15 is 4.39 Å². The van der Waals surface area contributed by atoms with E-state index in [1.165, 1.54) is 6.07 Å². The molecule has 5 nitrogen and oxygen atoms in total. The Balaban J connectivity index is 1.41. The van der Waals surface area contributed by atoms with Gasteiger partial charge in [0.1, 0.15) is 11.6 Å². The number of likely N-dealkylation sites (N-methyl/N-ethyl adjacent to an activating group) is 1. The Hall–Kier alpha value is -2.73. The average molecular weight is 438 g/mol. The fourth-order valence-corrected chi connectivity index (χ4v) is 4.87. The third-order valence-electron chi connectivity index (χ3n) is 6.75. The number of hydrogen-bond acceptors (Lipinski definition) is 4. The molecule has 4 rings (SSSR count). The summed E-state index contributed by atoms with van der Waals surface area (Å²) in [6, 6.07) is 15.1. The zero-order chi connectivity index (χ0) is 22.7. The van der Waals surface area contributed by atoms with E-state index in [9.17, 15) is 9.59 Å². The van der Waals surface area contributed by atoms with Crippen LogP contribution in [0.2, 0.25) is 0 Å². The van der Waals surface area contributed by atoms with Gasteiger partial charge in [-0.05, 0) is 57.1 Å². The molecule has 0 bridgehead atoms. The van der Waals surface area contributed by atoms with Gasteiger partial charge < -0.3 is 14.7 Å². The molecule has 1 unspecified atom stereocenters. The second kappa shape index (κ2) is 9.82. The second-order valence-electron chi connectivity index (χ2n) is 9.22. The molecule has 2 heterocycles. The van der Waals surface area contributed by atoms with Crippen molar-refractivity contribution in [2.24, 2.45) is 5.92 Å². The number of benzene rings is 2. The van der Waals surface area contributed by atoms with E-state index < -0.39 is 0 Å². The van der Waals surface area contributed by atoms with Crippen molar-refractivity contribution >= 4 is 23.1 Å². The molecule has 0 spiro atoms. The standard InChI is InChI=1S/C26H32FN3O2/c1-28(2)22-12-14-29(18-22)25-11-10-21(17-24(25)27)30-13-6-9-20(26(30)32)16-23(31)15-19-7-4-3-5-8-19/h3-5,7-8,10-11,17,20,22H,6,9,12-16,18H2,1-2H3/t20-,22?/m0/s1. The molecule has 2 aromatic rings. The number of Topliss-reactive ketones (excluding diaryl/α,β-unsaturated/α-hetero) is 1. The number of piperidine rings is 1. The monoisotopic (exact) mass is 437 g/mol. The highest BCUT2D eigenvalue weighted by atomic mass is 19.1. The number of anilines is 2. The molecule has 6 heteroatoms. The number of carbonyl (C=O) groups is 2. The van der Waals surface area contributed by atoms with Crippen molar-refractivity contribution in [3.8, 4) is 0 Å². The van der Waals surface area contributed by atoms with E-state index in [1.54, 1.807) is 11.0 Å². The number of nitrogens with zero attached hydrogens (tertiary/aromatic N) is 3. The third-order valence-corrected chi connectivity index (χ3v) is 6.75. The molecule has 2 aliphatic heterocycles. The first-order chi connectivity index (χ1) is 15.4. The Bertz CT molecular complexity index is 963. The first kappa shape index (κ1) is 22.5. The lowest BCUT2D eigenvalue weighted by atomic mass is 9.90. The van der Waals surface area contributed by atoms with Crippen LogP contribution >= 0.6 is 0 Å². The molecule has 2 aliphatic rings. The first-order valence-electron chi connectivity index (χ1n) is 11.5. The SMILES string of the molecule is CN(C)C1CCN(c2ccc(N3CCC[C@@H](CC(=O)Cc4ccccc4)C3=O)cc2F)C1. The Morgan fingerprint density at radius 1 is 1.09 bits per heavy atom. The highest BCUT2D eigenvalue weighted by Crippen LogP contribution is 2.32. The fourth-order valence-electron chi connectivity index (χ4n) is 4.87. The van der Waals surface area contributed by atoms with Crippen LogP contribution in [0.5, 0.6) is 0 Å². The quantitative estimate of drug-likeness (QED) is 0.659. The molecular weight excluding hydrogens is 405 g/mol. The predicted molar refractivity (Wildman–Crippen MR) is 126 cm³/mol. The van der Waals surface area contributed by atoms with Gasteiger partial charge in [0, 0.05) is 50.1 Å². The number of halogens is 1. The minimum Gasteiger partial charge on any atom is -0.368 e. The summed E-state index contributed by atoms with van der Waals surface area (Å²) in [6.07, 6.45) is 3.12. The minimum absolute atomic E-state index is 0.0707. The lowest BCUT2D eigenvalue weighted by Crippen LogP contribution is -2.42. The number of amides is 1. The summed E-state index contributed by atoms with van der Waals surface area (Å²) in [7, 11) is 4.10. The van der Waals surface area contributed by atoms with Gasteiger partial charge in [0.2, 0.25) is 5.91 Å². The van der Waals surface area contributed by atoms with Crippen LogP contribution in [-0.2, 0) is 16.0 Å². The lowest BCUT2D eigenvalue weighted by Gasteiger charge is -2.32. The molecular formula is C26H32FN3O2. The zero-order valence-electron chi connectivity index (χ0n) is 19.0. The van der Waals surface area contributed by atoms with Gasteiger partial charge in [-0.3, -0.25) is 9.59 Å². The summed E-state index contributed by atoms with van der Waals surface area (Å²) >= 11 is 0. The molecule has 2 atom stereocenters. The lowest BCUT2D eigenvalue weighted by molar-refractivity contribution is -0.128. The normalized spacial score (nSPS) is 21.4. The summed E-state index contributed by atoms with van der Waals surface area (Å²) in [5.41, 5.74) is 2.14. The van der Waals surface area contributed by atoms with Crippen LogP contribution in [0, 0.1) is 11.7 Å². The van der Waals surface area contributed by atoms with Gasteiger partial charge >= 0.3 is 0 Å². The minimum atomic E-state index is -0.331. The van der Waals surface area contributed by atoms with Crippen LogP contribution in [0.3, 0.4) is 0 Å². The van der Waals surface area contributed by atoms with Gasteiger partial charge in [-0.2, -0.15) is 0 Å². The van der Waals surface area contributed by atoms with Gasteiger partial charge in [0.05, 0.1) is 5.69 Å². The largest absolute Gasteiger partial charge is 0.368 e. The van der Waals surface area contributed by atoms with E-state index in [1.807, 2.05) is 36.4 Å². The van der Waals surface area contributed by atoms with Gasteiger partial charge in [-0.1, -0.05) is 30.3 Å². The summed E-state index contributed by atoms with van der Waals surface area (Å²) in [6.45, 7) is 2.19. The molecule has 170 valence electrons.